The van der Waals surface area contributed by atoms with Crippen molar-refractivity contribution in [3.05, 3.63) is 18.2 Å². The molecule has 6 heteroatoms. The van der Waals surface area contributed by atoms with Crippen LogP contribution in [0.4, 0.5) is 16.2 Å². The van der Waals surface area contributed by atoms with Crippen molar-refractivity contribution >= 4 is 17.4 Å². The fourth-order valence-corrected chi connectivity index (χ4v) is 5.88. The van der Waals surface area contributed by atoms with Gasteiger partial charge in [-0.25, -0.2) is 4.79 Å². The molecule has 6 nitrogen and oxygen atoms in total. The lowest BCUT2D eigenvalue weighted by atomic mass is 9.52. The van der Waals surface area contributed by atoms with Gasteiger partial charge in [0.1, 0.15) is 12.4 Å². The molecule has 2 amide bonds. The van der Waals surface area contributed by atoms with E-state index >= 15 is 0 Å². The molecule has 1 aliphatic heterocycles. The molecule has 1 aromatic carbocycles. The van der Waals surface area contributed by atoms with Crippen molar-refractivity contribution in [2.75, 3.05) is 23.8 Å². The number of fused-ring (bicyclic) bond motifs is 1. The zero-order chi connectivity index (χ0) is 17.2. The van der Waals surface area contributed by atoms with Crippen LogP contribution < -0.4 is 20.7 Å². The van der Waals surface area contributed by atoms with Crippen molar-refractivity contribution in [1.82, 2.24) is 5.32 Å². The molecule has 5 aliphatic rings. The Labute approximate surface area is 147 Å². The van der Waals surface area contributed by atoms with E-state index in [-0.39, 0.29) is 12.1 Å². The second-order valence-corrected chi connectivity index (χ2v) is 8.40. The van der Waals surface area contributed by atoms with Crippen LogP contribution in [0.25, 0.3) is 0 Å². The summed E-state index contributed by atoms with van der Waals surface area (Å²) in [6.07, 6.45) is 4.89. The smallest absolute Gasteiger partial charge is 0.322 e. The summed E-state index contributed by atoms with van der Waals surface area (Å²) in [7, 11) is 0. The van der Waals surface area contributed by atoms with Crippen LogP contribution in [0.2, 0.25) is 0 Å². The number of benzene rings is 1. The third kappa shape index (κ3) is 2.46. The van der Waals surface area contributed by atoms with Crippen LogP contribution in [0.3, 0.4) is 0 Å². The minimum atomic E-state index is -0.474. The van der Waals surface area contributed by atoms with Crippen LogP contribution in [0.5, 0.6) is 5.75 Å². The molecule has 4 saturated carbocycles. The summed E-state index contributed by atoms with van der Waals surface area (Å²) >= 11 is 0. The quantitative estimate of drug-likeness (QED) is 0.682. The normalized spacial score (nSPS) is 38.2. The number of hydrogen-bond donors (Lipinski definition) is 3. The Bertz CT molecular complexity index is 706. The number of urea groups is 1. The highest BCUT2D eigenvalue weighted by atomic mass is 16.5. The van der Waals surface area contributed by atoms with Gasteiger partial charge in [-0.3, -0.25) is 4.90 Å². The molecule has 2 unspecified atom stereocenters. The highest BCUT2D eigenvalue weighted by Gasteiger charge is 2.55. The van der Waals surface area contributed by atoms with Crippen LogP contribution in [0.15, 0.2) is 18.2 Å². The topological polar surface area (TPSA) is 87.8 Å². The van der Waals surface area contributed by atoms with Gasteiger partial charge in [0, 0.05) is 11.7 Å². The fourth-order valence-electron chi connectivity index (χ4n) is 5.88. The van der Waals surface area contributed by atoms with Crippen LogP contribution >= 0.6 is 0 Å². The predicted octanol–water partition coefficient (Wildman–Crippen LogP) is 2.12. The molecule has 1 heterocycles. The molecule has 2 atom stereocenters. The number of hydrogen-bond acceptors (Lipinski definition) is 4. The van der Waals surface area contributed by atoms with Gasteiger partial charge >= 0.3 is 6.03 Å². The number of carbonyl (C=O) groups excluding carboxylic acids is 1. The maximum absolute atomic E-state index is 13.0. The first-order chi connectivity index (χ1) is 12.0. The zero-order valence-electron chi connectivity index (χ0n) is 14.3. The van der Waals surface area contributed by atoms with Crippen molar-refractivity contribution in [2.45, 2.75) is 43.7 Å². The first-order valence-electron chi connectivity index (χ1n) is 9.33. The molecular formula is C19H25N3O3. The summed E-state index contributed by atoms with van der Waals surface area (Å²) in [6.45, 7) is 1.01. The van der Waals surface area contributed by atoms with Gasteiger partial charge in [0.05, 0.1) is 17.8 Å². The van der Waals surface area contributed by atoms with Crippen LogP contribution in [-0.2, 0) is 0 Å². The highest BCUT2D eigenvalue weighted by Crippen LogP contribution is 2.55. The number of nitrogens with two attached hydrogens (primary N) is 1. The summed E-state index contributed by atoms with van der Waals surface area (Å²) in [6, 6.07) is 5.52. The Morgan fingerprint density at radius 3 is 2.76 bits per heavy atom. The zero-order valence-corrected chi connectivity index (χ0v) is 14.3. The number of nitrogens with zero attached hydrogens (tertiary/aromatic N) is 1. The molecule has 4 fully saturated rings. The molecule has 0 saturated heterocycles. The van der Waals surface area contributed by atoms with E-state index in [4.69, 9.17) is 10.5 Å². The summed E-state index contributed by atoms with van der Waals surface area (Å²) in [5.74, 6) is 2.15. The van der Waals surface area contributed by atoms with Gasteiger partial charge in [-0.2, -0.15) is 0 Å². The summed E-state index contributed by atoms with van der Waals surface area (Å²) in [5, 5.41) is 14.0. The van der Waals surface area contributed by atoms with Gasteiger partial charge < -0.3 is 20.9 Å². The van der Waals surface area contributed by atoms with Gasteiger partial charge in [0.2, 0.25) is 0 Å². The predicted molar refractivity (Wildman–Crippen MR) is 94.5 cm³/mol. The fraction of sp³-hybridized carbons (Fsp3) is 0.632. The molecule has 1 aromatic rings. The van der Waals surface area contributed by atoms with E-state index in [0.717, 1.165) is 37.8 Å². The van der Waals surface area contributed by atoms with E-state index < -0.39 is 5.60 Å². The molecule has 0 radical (unpaired) electrons. The van der Waals surface area contributed by atoms with Crippen LogP contribution in [0.1, 0.15) is 32.1 Å². The van der Waals surface area contributed by atoms with E-state index in [1.54, 1.807) is 17.0 Å². The average Bonchev–Trinajstić information content (AvgIpc) is 2.56. The minimum Gasteiger partial charge on any atom is -0.490 e. The molecule has 4 N–H and O–H groups in total. The van der Waals surface area contributed by atoms with Gasteiger partial charge in [-0.15, -0.1) is 0 Å². The monoisotopic (exact) mass is 343 g/mol. The van der Waals surface area contributed by atoms with E-state index in [1.165, 1.54) is 0 Å². The van der Waals surface area contributed by atoms with Crippen molar-refractivity contribution < 1.29 is 14.6 Å². The average molecular weight is 343 g/mol. The van der Waals surface area contributed by atoms with Crippen molar-refractivity contribution in [3.8, 4) is 5.75 Å². The van der Waals surface area contributed by atoms with Gasteiger partial charge in [0.15, 0.2) is 0 Å². The SMILES string of the molecule is Nc1ccc2c(c1)N(C(=O)NC1C3CC4CC1CC(O)(C4)C3)CCO2. The third-order valence-electron chi connectivity index (χ3n) is 6.62. The number of nitrogens with one attached hydrogen (secondary N) is 1. The number of rotatable bonds is 1. The maximum atomic E-state index is 13.0. The van der Waals surface area contributed by atoms with Crippen LogP contribution in [-0.4, -0.2) is 35.9 Å². The van der Waals surface area contributed by atoms with Crippen molar-refractivity contribution in [1.29, 1.82) is 0 Å². The van der Waals surface area contributed by atoms with E-state index in [0.29, 0.717) is 42.3 Å². The molecule has 134 valence electrons. The van der Waals surface area contributed by atoms with Gasteiger partial charge in [-0.1, -0.05) is 0 Å². The molecule has 0 aromatic heterocycles. The molecular weight excluding hydrogens is 318 g/mol. The molecule has 4 aliphatic carbocycles. The Balaban J connectivity index is 1.36. The number of nitrogen functional groups attached to an aromatic ring is 1. The molecule has 25 heavy (non-hydrogen) atoms. The second kappa shape index (κ2) is 5.27. The van der Waals surface area contributed by atoms with Gasteiger partial charge in [0.25, 0.3) is 0 Å². The lowest BCUT2D eigenvalue weighted by Crippen LogP contribution is -2.63. The number of amides is 2. The number of carbonyl (C=O) groups is 1. The second-order valence-electron chi connectivity index (χ2n) is 8.40. The van der Waals surface area contributed by atoms with E-state index in [9.17, 15) is 9.90 Å². The number of aliphatic hydroxyl groups is 1. The lowest BCUT2D eigenvalue weighted by molar-refractivity contribution is -0.136. The molecule has 6 rings (SSSR count). The van der Waals surface area contributed by atoms with Crippen molar-refractivity contribution in [3.63, 3.8) is 0 Å². The highest BCUT2D eigenvalue weighted by molar-refractivity contribution is 5.95. The molecule has 4 bridgehead atoms. The van der Waals surface area contributed by atoms with E-state index in [2.05, 4.69) is 5.32 Å². The standard InChI is InChI=1S/C19H25N3O3/c20-14-1-2-16-15(7-14)22(3-4-25-16)18(23)21-17-12-5-11-6-13(17)10-19(24,8-11)9-12/h1-2,7,11-13,17,24H,3-6,8-10,20H2,(H,21,23). The van der Waals surface area contributed by atoms with Crippen molar-refractivity contribution in [2.24, 2.45) is 17.8 Å². The Hall–Kier alpha value is -1.95. The Kier molecular flexibility index (Phi) is 3.23. The van der Waals surface area contributed by atoms with E-state index in [1.807, 2.05) is 6.07 Å². The first kappa shape index (κ1) is 15.3. The third-order valence-corrected chi connectivity index (χ3v) is 6.62. The first-order valence-corrected chi connectivity index (χ1v) is 9.33. The number of anilines is 2. The lowest BCUT2D eigenvalue weighted by Gasteiger charge is -2.58. The van der Waals surface area contributed by atoms with Gasteiger partial charge in [-0.05, 0) is 68.1 Å². The minimum absolute atomic E-state index is 0.0698. The Morgan fingerprint density at radius 2 is 2.04 bits per heavy atom. The number of ether oxygens (including phenoxy) is 1. The summed E-state index contributed by atoms with van der Waals surface area (Å²) in [4.78, 5) is 14.7. The largest absolute Gasteiger partial charge is 0.490 e. The maximum Gasteiger partial charge on any atom is 0.322 e. The Morgan fingerprint density at radius 1 is 1.28 bits per heavy atom. The van der Waals surface area contributed by atoms with Crippen LogP contribution in [0, 0.1) is 17.8 Å². The summed E-state index contributed by atoms with van der Waals surface area (Å²) < 4.78 is 5.65. The summed E-state index contributed by atoms with van der Waals surface area (Å²) in [5.41, 5.74) is 6.79. The molecule has 0 spiro atoms.